The van der Waals surface area contributed by atoms with Gasteiger partial charge in [-0.05, 0) is 31.9 Å². The van der Waals surface area contributed by atoms with Crippen LogP contribution in [0, 0.1) is 24.7 Å². The molecule has 3 nitrogen and oxygen atoms in total. The highest BCUT2D eigenvalue weighted by Gasteiger charge is 2.47. The third kappa shape index (κ3) is 1.53. The average molecular weight is 241 g/mol. The number of aryl methyl sites for hydroxylation is 1. The third-order valence-corrected chi connectivity index (χ3v) is 3.55. The molecule has 0 saturated heterocycles. The van der Waals surface area contributed by atoms with E-state index in [1.54, 1.807) is 7.05 Å². The lowest BCUT2D eigenvalue weighted by molar-refractivity contribution is -0.130. The van der Waals surface area contributed by atoms with Crippen LogP contribution in [-0.2, 0) is 10.4 Å². The molecule has 1 aromatic rings. The van der Waals surface area contributed by atoms with Gasteiger partial charge in [-0.15, -0.1) is 0 Å². The molecule has 1 fully saturated rings. The van der Waals surface area contributed by atoms with Gasteiger partial charge < -0.3 is 10.0 Å². The van der Waals surface area contributed by atoms with Crippen molar-refractivity contribution >= 4 is 11.6 Å². The number of likely N-dealkylation sites (N-methyl/N-ethyl adjacent to an activating group) is 1. The van der Waals surface area contributed by atoms with Crippen LogP contribution in [-0.4, -0.2) is 18.1 Å². The average Bonchev–Trinajstić information content (AvgIpc) is 3.15. The molecule has 1 unspecified atom stereocenters. The number of nitrogens with zero attached hydrogens (tertiary/aromatic N) is 1. The molecule has 92 valence electrons. The number of anilines is 1. The number of hydrogen-bond donors (Lipinski definition) is 1. The van der Waals surface area contributed by atoms with Gasteiger partial charge in [0, 0.05) is 18.5 Å². The standard InChI is InChI=1S/C15H15NO2/c1-10-3-6-13-12(9-10)15(18,14(17)16(13)2)8-7-11-4-5-11/h3,6,9,11,18H,4-5H2,1-2H3. The number of benzene rings is 1. The molecule has 1 atom stereocenters. The van der Waals surface area contributed by atoms with Crippen molar-refractivity contribution in [2.75, 3.05) is 11.9 Å². The van der Waals surface area contributed by atoms with Crippen molar-refractivity contribution in [3.8, 4) is 11.8 Å². The Hall–Kier alpha value is -1.79. The van der Waals surface area contributed by atoms with Gasteiger partial charge in [0.25, 0.3) is 5.91 Å². The SMILES string of the molecule is Cc1ccc2c(c1)C(O)(C#CC1CC1)C(=O)N2C. The Labute approximate surface area is 106 Å². The summed E-state index contributed by atoms with van der Waals surface area (Å²) in [5, 5.41) is 10.6. The fraction of sp³-hybridized carbons (Fsp3) is 0.400. The van der Waals surface area contributed by atoms with Crippen LogP contribution < -0.4 is 4.90 Å². The van der Waals surface area contributed by atoms with Gasteiger partial charge >= 0.3 is 0 Å². The Morgan fingerprint density at radius 3 is 2.83 bits per heavy atom. The summed E-state index contributed by atoms with van der Waals surface area (Å²) >= 11 is 0. The lowest BCUT2D eigenvalue weighted by Gasteiger charge is -2.14. The summed E-state index contributed by atoms with van der Waals surface area (Å²) in [6.07, 6.45) is 2.15. The fourth-order valence-corrected chi connectivity index (χ4v) is 2.25. The molecule has 1 aromatic carbocycles. The van der Waals surface area contributed by atoms with Gasteiger partial charge in [-0.1, -0.05) is 23.5 Å². The van der Waals surface area contributed by atoms with Crippen LogP contribution >= 0.6 is 0 Å². The van der Waals surface area contributed by atoms with Gasteiger partial charge in [0.05, 0.1) is 5.69 Å². The summed E-state index contributed by atoms with van der Waals surface area (Å²) < 4.78 is 0. The summed E-state index contributed by atoms with van der Waals surface area (Å²) in [5.74, 6) is 5.81. The first-order valence-electron chi connectivity index (χ1n) is 6.17. The van der Waals surface area contributed by atoms with Crippen LogP contribution in [0.1, 0.15) is 24.0 Å². The number of carbonyl (C=O) groups excluding carboxylic acids is 1. The quantitative estimate of drug-likeness (QED) is 0.700. The number of fused-ring (bicyclic) bond motifs is 1. The van der Waals surface area contributed by atoms with Crippen LogP contribution in [0.3, 0.4) is 0 Å². The molecule has 0 aromatic heterocycles. The molecule has 0 bridgehead atoms. The van der Waals surface area contributed by atoms with E-state index in [-0.39, 0.29) is 5.91 Å². The smallest absolute Gasteiger partial charge is 0.276 e. The van der Waals surface area contributed by atoms with E-state index in [0.29, 0.717) is 11.5 Å². The largest absolute Gasteiger partial charge is 0.366 e. The maximum absolute atomic E-state index is 12.2. The minimum absolute atomic E-state index is 0.351. The Bertz CT molecular complexity index is 592. The Morgan fingerprint density at radius 1 is 1.44 bits per heavy atom. The number of carbonyl (C=O) groups is 1. The molecular weight excluding hydrogens is 226 g/mol. The molecule has 0 spiro atoms. The van der Waals surface area contributed by atoms with Crippen LogP contribution in [0.2, 0.25) is 0 Å². The minimum Gasteiger partial charge on any atom is -0.366 e. The van der Waals surface area contributed by atoms with Gasteiger partial charge in [-0.25, -0.2) is 0 Å². The molecule has 1 heterocycles. The lowest BCUT2D eigenvalue weighted by atomic mass is 9.94. The monoisotopic (exact) mass is 241 g/mol. The van der Waals surface area contributed by atoms with E-state index >= 15 is 0 Å². The minimum atomic E-state index is -1.65. The second-order valence-electron chi connectivity index (χ2n) is 5.14. The predicted octanol–water partition coefficient (Wildman–Crippen LogP) is 1.57. The van der Waals surface area contributed by atoms with Crippen molar-refractivity contribution in [2.24, 2.45) is 5.92 Å². The topological polar surface area (TPSA) is 40.5 Å². The molecule has 1 aliphatic heterocycles. The molecule has 18 heavy (non-hydrogen) atoms. The molecule has 1 aliphatic carbocycles. The second kappa shape index (κ2) is 3.60. The zero-order chi connectivity index (χ0) is 12.9. The summed E-state index contributed by atoms with van der Waals surface area (Å²) in [7, 11) is 1.67. The fourth-order valence-electron chi connectivity index (χ4n) is 2.25. The molecule has 1 N–H and O–H groups in total. The molecule has 3 rings (SSSR count). The highest BCUT2D eigenvalue weighted by Crippen LogP contribution is 2.40. The molecule has 3 heteroatoms. The van der Waals surface area contributed by atoms with E-state index < -0.39 is 5.60 Å². The first-order valence-corrected chi connectivity index (χ1v) is 6.17. The second-order valence-corrected chi connectivity index (χ2v) is 5.14. The van der Waals surface area contributed by atoms with E-state index in [1.165, 1.54) is 4.90 Å². The molecule has 1 saturated carbocycles. The van der Waals surface area contributed by atoms with E-state index in [0.717, 1.165) is 24.1 Å². The molecule has 1 amide bonds. The maximum atomic E-state index is 12.2. The van der Waals surface area contributed by atoms with E-state index in [1.807, 2.05) is 25.1 Å². The van der Waals surface area contributed by atoms with Crippen LogP contribution in [0.15, 0.2) is 18.2 Å². The summed E-state index contributed by atoms with van der Waals surface area (Å²) in [6.45, 7) is 1.94. The van der Waals surface area contributed by atoms with E-state index in [2.05, 4.69) is 11.8 Å². The highest BCUT2D eigenvalue weighted by atomic mass is 16.3. The first-order chi connectivity index (χ1) is 8.52. The highest BCUT2D eigenvalue weighted by molar-refractivity contribution is 6.08. The summed E-state index contributed by atoms with van der Waals surface area (Å²) in [5.41, 5.74) is 0.725. The maximum Gasteiger partial charge on any atom is 0.276 e. The Morgan fingerprint density at radius 2 is 2.17 bits per heavy atom. The molecular formula is C15H15NO2. The zero-order valence-corrected chi connectivity index (χ0v) is 10.5. The summed E-state index contributed by atoms with van der Waals surface area (Å²) in [4.78, 5) is 13.7. The molecule has 0 radical (unpaired) electrons. The van der Waals surface area contributed by atoms with Gasteiger partial charge in [0.2, 0.25) is 5.60 Å². The Balaban J connectivity index is 2.13. The number of aliphatic hydroxyl groups is 1. The predicted molar refractivity (Wildman–Crippen MR) is 69.0 cm³/mol. The summed E-state index contributed by atoms with van der Waals surface area (Å²) in [6, 6.07) is 5.64. The van der Waals surface area contributed by atoms with Crippen molar-refractivity contribution in [1.82, 2.24) is 0 Å². The number of rotatable bonds is 0. The van der Waals surface area contributed by atoms with Gasteiger partial charge in [-0.2, -0.15) is 0 Å². The Kier molecular flexibility index (Phi) is 2.26. The third-order valence-electron chi connectivity index (χ3n) is 3.55. The molecule has 2 aliphatic rings. The van der Waals surface area contributed by atoms with Crippen molar-refractivity contribution in [1.29, 1.82) is 0 Å². The zero-order valence-electron chi connectivity index (χ0n) is 10.5. The first kappa shape index (κ1) is 11.3. The lowest BCUT2D eigenvalue weighted by Crippen LogP contribution is -2.37. The van der Waals surface area contributed by atoms with Crippen LogP contribution in [0.5, 0.6) is 0 Å². The van der Waals surface area contributed by atoms with Crippen molar-refractivity contribution in [3.63, 3.8) is 0 Å². The van der Waals surface area contributed by atoms with Crippen LogP contribution in [0.25, 0.3) is 0 Å². The van der Waals surface area contributed by atoms with Gasteiger partial charge in [0.1, 0.15) is 0 Å². The number of amides is 1. The van der Waals surface area contributed by atoms with Crippen molar-refractivity contribution in [2.45, 2.75) is 25.4 Å². The van der Waals surface area contributed by atoms with E-state index in [9.17, 15) is 9.90 Å². The number of hydrogen-bond acceptors (Lipinski definition) is 2. The normalized spacial score (nSPS) is 25.7. The van der Waals surface area contributed by atoms with E-state index in [4.69, 9.17) is 0 Å². The van der Waals surface area contributed by atoms with Crippen molar-refractivity contribution < 1.29 is 9.90 Å². The van der Waals surface area contributed by atoms with Gasteiger partial charge in [0.15, 0.2) is 0 Å². The van der Waals surface area contributed by atoms with Crippen molar-refractivity contribution in [3.05, 3.63) is 29.3 Å². The van der Waals surface area contributed by atoms with Crippen LogP contribution in [0.4, 0.5) is 5.69 Å². The van der Waals surface area contributed by atoms with Gasteiger partial charge in [-0.3, -0.25) is 4.79 Å².